The molecule has 0 radical (unpaired) electrons. The van der Waals surface area contributed by atoms with Gasteiger partial charge in [0.2, 0.25) is 0 Å². The van der Waals surface area contributed by atoms with Crippen LogP contribution >= 0.6 is 34.8 Å². The van der Waals surface area contributed by atoms with E-state index in [2.05, 4.69) is 5.32 Å². The van der Waals surface area contributed by atoms with Crippen molar-refractivity contribution >= 4 is 46.9 Å². The van der Waals surface area contributed by atoms with Gasteiger partial charge in [0.1, 0.15) is 12.6 Å². The largest absolute Gasteiger partial charge is 0.445 e. The van der Waals surface area contributed by atoms with Crippen molar-refractivity contribution in [3.8, 4) is 5.75 Å². The van der Waals surface area contributed by atoms with Crippen LogP contribution in [0.2, 0.25) is 15.1 Å². The maximum atomic E-state index is 12.5. The van der Waals surface area contributed by atoms with Gasteiger partial charge in [-0.3, -0.25) is 0 Å². The Morgan fingerprint density at radius 1 is 1.00 bits per heavy atom. The summed E-state index contributed by atoms with van der Waals surface area (Å²) in [4.78, 5) is 24.5. The summed E-state index contributed by atoms with van der Waals surface area (Å²) in [7, 11) is 0. The molecule has 5 nitrogen and oxygen atoms in total. The molecule has 1 amide bonds. The highest BCUT2D eigenvalue weighted by atomic mass is 35.5. The summed E-state index contributed by atoms with van der Waals surface area (Å²) in [6.45, 7) is 3.62. The number of esters is 1. The highest BCUT2D eigenvalue weighted by Gasteiger charge is 2.27. The van der Waals surface area contributed by atoms with Crippen LogP contribution in [-0.4, -0.2) is 18.1 Å². The van der Waals surface area contributed by atoms with Crippen molar-refractivity contribution in [2.24, 2.45) is 5.92 Å². The number of amides is 1. The molecular formula is C19H18Cl3NO4. The Bertz CT molecular complexity index is 812. The van der Waals surface area contributed by atoms with E-state index in [0.717, 1.165) is 5.56 Å². The first kappa shape index (κ1) is 21.4. The zero-order chi connectivity index (χ0) is 20.0. The molecule has 0 aromatic heterocycles. The fourth-order valence-corrected chi connectivity index (χ4v) is 2.72. The van der Waals surface area contributed by atoms with E-state index in [1.165, 1.54) is 12.1 Å². The summed E-state index contributed by atoms with van der Waals surface area (Å²) >= 11 is 17.8. The average Bonchev–Trinajstić information content (AvgIpc) is 2.63. The van der Waals surface area contributed by atoms with Gasteiger partial charge < -0.3 is 14.8 Å². The zero-order valence-electron chi connectivity index (χ0n) is 14.7. The van der Waals surface area contributed by atoms with E-state index in [9.17, 15) is 9.59 Å². The van der Waals surface area contributed by atoms with Crippen LogP contribution in [0.3, 0.4) is 0 Å². The van der Waals surface area contributed by atoms with Crippen molar-refractivity contribution in [2.45, 2.75) is 26.5 Å². The van der Waals surface area contributed by atoms with Crippen molar-refractivity contribution in [2.75, 3.05) is 0 Å². The molecule has 0 unspecified atom stereocenters. The van der Waals surface area contributed by atoms with Gasteiger partial charge in [-0.25, -0.2) is 9.59 Å². The van der Waals surface area contributed by atoms with Gasteiger partial charge >= 0.3 is 12.1 Å². The van der Waals surface area contributed by atoms with Crippen LogP contribution in [-0.2, 0) is 16.1 Å². The fourth-order valence-electron chi connectivity index (χ4n) is 2.14. The topological polar surface area (TPSA) is 64.6 Å². The molecule has 2 aromatic rings. The zero-order valence-corrected chi connectivity index (χ0v) is 16.9. The molecule has 144 valence electrons. The summed E-state index contributed by atoms with van der Waals surface area (Å²) in [6, 6.07) is 11.0. The van der Waals surface area contributed by atoms with Gasteiger partial charge in [0.05, 0.1) is 15.1 Å². The number of nitrogens with one attached hydrogen (secondary N) is 1. The van der Waals surface area contributed by atoms with Gasteiger partial charge in [-0.1, -0.05) is 79.0 Å². The molecule has 2 aromatic carbocycles. The number of carbonyl (C=O) groups excluding carboxylic acids is 2. The number of rotatable bonds is 6. The molecule has 1 atom stereocenters. The normalized spacial score (nSPS) is 11.8. The second-order valence-electron chi connectivity index (χ2n) is 6.05. The Morgan fingerprint density at radius 2 is 1.63 bits per heavy atom. The number of benzene rings is 2. The Kier molecular flexibility index (Phi) is 7.78. The predicted octanol–water partition coefficient (Wildman–Crippen LogP) is 5.50. The highest BCUT2D eigenvalue weighted by molar-refractivity contribution is 6.43. The third kappa shape index (κ3) is 6.31. The van der Waals surface area contributed by atoms with Crippen LogP contribution in [0, 0.1) is 5.92 Å². The molecule has 27 heavy (non-hydrogen) atoms. The molecule has 0 aliphatic rings. The van der Waals surface area contributed by atoms with E-state index in [1.807, 2.05) is 30.3 Å². The minimum absolute atomic E-state index is 0.0566. The van der Waals surface area contributed by atoms with Crippen molar-refractivity contribution < 1.29 is 19.1 Å². The third-order valence-corrected chi connectivity index (χ3v) is 4.61. The van der Waals surface area contributed by atoms with Gasteiger partial charge in [-0.05, 0) is 17.5 Å². The van der Waals surface area contributed by atoms with Crippen molar-refractivity contribution in [1.29, 1.82) is 0 Å². The lowest BCUT2D eigenvalue weighted by molar-refractivity contribution is -0.137. The second kappa shape index (κ2) is 9.83. The predicted molar refractivity (Wildman–Crippen MR) is 105 cm³/mol. The maximum Gasteiger partial charge on any atom is 0.408 e. The first-order chi connectivity index (χ1) is 12.8. The second-order valence-corrected chi connectivity index (χ2v) is 7.27. The summed E-state index contributed by atoms with van der Waals surface area (Å²) in [5, 5.41) is 3.08. The number of alkyl carbamates (subject to hydrolysis) is 1. The number of hydrogen-bond donors (Lipinski definition) is 1. The molecule has 0 aliphatic heterocycles. The quantitative estimate of drug-likeness (QED) is 0.373. The molecule has 0 spiro atoms. The van der Waals surface area contributed by atoms with Gasteiger partial charge in [0.25, 0.3) is 0 Å². The third-order valence-electron chi connectivity index (χ3n) is 3.59. The smallest absolute Gasteiger partial charge is 0.408 e. The molecule has 2 rings (SSSR count). The molecule has 1 N–H and O–H groups in total. The average molecular weight is 431 g/mol. The Labute approximate surface area is 172 Å². The SMILES string of the molecule is CC(C)[C@H](NC(=O)OCc1ccccc1)C(=O)Oc1cc(Cl)c(Cl)cc1Cl. The summed E-state index contributed by atoms with van der Waals surface area (Å²) in [6.07, 6.45) is -0.727. The number of carbonyl (C=O) groups is 2. The summed E-state index contributed by atoms with van der Waals surface area (Å²) in [5.74, 6) is -0.883. The van der Waals surface area contributed by atoms with E-state index in [-0.39, 0.29) is 33.3 Å². The van der Waals surface area contributed by atoms with Crippen molar-refractivity contribution in [3.63, 3.8) is 0 Å². The first-order valence-electron chi connectivity index (χ1n) is 8.11. The molecule has 8 heteroatoms. The molecule has 0 saturated carbocycles. The lowest BCUT2D eigenvalue weighted by Crippen LogP contribution is -2.46. The van der Waals surface area contributed by atoms with Gasteiger partial charge in [0.15, 0.2) is 5.75 Å². The monoisotopic (exact) mass is 429 g/mol. The van der Waals surface area contributed by atoms with Crippen LogP contribution in [0.25, 0.3) is 0 Å². The number of hydrogen-bond acceptors (Lipinski definition) is 4. The molecule has 0 aliphatic carbocycles. The molecule has 0 bridgehead atoms. The first-order valence-corrected chi connectivity index (χ1v) is 9.24. The maximum absolute atomic E-state index is 12.5. The molecule has 0 saturated heterocycles. The molecular weight excluding hydrogens is 413 g/mol. The van der Waals surface area contributed by atoms with E-state index >= 15 is 0 Å². The Hall–Kier alpha value is -1.95. The van der Waals surface area contributed by atoms with Crippen LogP contribution in [0.4, 0.5) is 4.79 Å². The lowest BCUT2D eigenvalue weighted by Gasteiger charge is -2.21. The Morgan fingerprint density at radius 3 is 2.26 bits per heavy atom. The standard InChI is InChI=1S/C19H18Cl3NO4/c1-11(2)17(23-19(25)26-10-12-6-4-3-5-7-12)18(24)27-16-9-14(21)13(20)8-15(16)22/h3-9,11,17H,10H2,1-2H3,(H,23,25)/t17-/m0/s1. The number of halogens is 3. The highest BCUT2D eigenvalue weighted by Crippen LogP contribution is 2.34. The van der Waals surface area contributed by atoms with Crippen molar-refractivity contribution in [1.82, 2.24) is 5.32 Å². The fraction of sp³-hybridized carbons (Fsp3) is 0.263. The number of ether oxygens (including phenoxy) is 2. The van der Waals surface area contributed by atoms with E-state index in [1.54, 1.807) is 13.8 Å². The minimum Gasteiger partial charge on any atom is -0.445 e. The van der Waals surface area contributed by atoms with Crippen LogP contribution in [0.1, 0.15) is 19.4 Å². The van der Waals surface area contributed by atoms with Crippen LogP contribution < -0.4 is 10.1 Å². The van der Waals surface area contributed by atoms with Gasteiger partial charge in [0, 0.05) is 6.07 Å². The lowest BCUT2D eigenvalue weighted by atomic mass is 10.1. The molecule has 0 fully saturated rings. The van der Waals surface area contributed by atoms with Crippen molar-refractivity contribution in [3.05, 3.63) is 63.1 Å². The van der Waals surface area contributed by atoms with E-state index in [4.69, 9.17) is 44.3 Å². The van der Waals surface area contributed by atoms with Gasteiger partial charge in [-0.15, -0.1) is 0 Å². The summed E-state index contributed by atoms with van der Waals surface area (Å²) in [5.41, 5.74) is 0.832. The van der Waals surface area contributed by atoms with E-state index < -0.39 is 18.1 Å². The Balaban J connectivity index is 2.00. The summed E-state index contributed by atoms with van der Waals surface area (Å²) < 4.78 is 10.4. The van der Waals surface area contributed by atoms with Gasteiger partial charge in [-0.2, -0.15) is 0 Å². The van der Waals surface area contributed by atoms with Crippen LogP contribution in [0.5, 0.6) is 5.75 Å². The minimum atomic E-state index is -0.932. The van der Waals surface area contributed by atoms with E-state index in [0.29, 0.717) is 0 Å². The van der Waals surface area contributed by atoms with Crippen LogP contribution in [0.15, 0.2) is 42.5 Å². The molecule has 0 heterocycles.